The number of carboxylic acid groups (broad SMARTS) is 1. The van der Waals surface area contributed by atoms with E-state index in [9.17, 15) is 18.3 Å². The van der Waals surface area contributed by atoms with Crippen molar-refractivity contribution in [2.45, 2.75) is 31.2 Å². The van der Waals surface area contributed by atoms with Gasteiger partial charge < -0.3 is 5.11 Å². The zero-order valence-electron chi connectivity index (χ0n) is 12.3. The number of sulfone groups is 1. The second-order valence-corrected chi connectivity index (χ2v) is 8.24. The van der Waals surface area contributed by atoms with Crippen LogP contribution in [0.3, 0.4) is 0 Å². The van der Waals surface area contributed by atoms with E-state index in [4.69, 9.17) is 0 Å². The van der Waals surface area contributed by atoms with E-state index in [0.29, 0.717) is 6.54 Å². The van der Waals surface area contributed by atoms with Crippen molar-refractivity contribution < 1.29 is 18.3 Å². The lowest BCUT2D eigenvalue weighted by Gasteiger charge is -2.33. The van der Waals surface area contributed by atoms with E-state index in [1.807, 2.05) is 6.92 Å². The summed E-state index contributed by atoms with van der Waals surface area (Å²) in [5.74, 6) is -1.08. The first kappa shape index (κ1) is 18.1. The number of carbonyl (C=O) groups is 1. The highest BCUT2D eigenvalue weighted by Crippen LogP contribution is 2.18. The van der Waals surface area contributed by atoms with Crippen LogP contribution in [-0.4, -0.2) is 48.8 Å². The van der Waals surface area contributed by atoms with Crippen LogP contribution in [-0.2, 0) is 14.6 Å². The first-order chi connectivity index (χ1) is 9.61. The number of carboxylic acids is 1. The van der Waals surface area contributed by atoms with Crippen LogP contribution < -0.4 is 0 Å². The smallest absolute Gasteiger partial charge is 0.323 e. The lowest BCUT2D eigenvalue weighted by atomic mass is 10.0. The molecule has 0 aromatic heterocycles. The molecule has 0 saturated heterocycles. The number of benzene rings is 1. The quantitative estimate of drug-likeness (QED) is 0.789. The van der Waals surface area contributed by atoms with Crippen LogP contribution >= 0.6 is 15.9 Å². The fourth-order valence-electron chi connectivity index (χ4n) is 1.96. The molecule has 1 rings (SSSR count). The molecule has 0 unspecified atom stereocenters. The molecule has 1 aromatic rings. The van der Waals surface area contributed by atoms with Gasteiger partial charge in [-0.05, 0) is 44.7 Å². The van der Waals surface area contributed by atoms with Crippen molar-refractivity contribution in [1.82, 2.24) is 4.90 Å². The molecule has 0 atom stereocenters. The van der Waals surface area contributed by atoms with Crippen LogP contribution in [0.15, 0.2) is 33.6 Å². The molecular weight excluding hydrogens is 358 g/mol. The Morgan fingerprint density at radius 3 is 2.24 bits per heavy atom. The number of likely N-dealkylation sites (N-methyl/N-ethyl adjacent to an activating group) is 1. The van der Waals surface area contributed by atoms with Gasteiger partial charge in [-0.15, -0.1) is 0 Å². The third kappa shape index (κ3) is 4.52. The highest BCUT2D eigenvalue weighted by Gasteiger charge is 2.34. The molecule has 0 spiro atoms. The molecule has 0 bridgehead atoms. The molecule has 21 heavy (non-hydrogen) atoms. The van der Waals surface area contributed by atoms with Crippen LogP contribution in [0.25, 0.3) is 0 Å². The Morgan fingerprint density at radius 2 is 1.81 bits per heavy atom. The predicted molar refractivity (Wildman–Crippen MR) is 85.2 cm³/mol. The molecule has 1 aromatic carbocycles. The second kappa shape index (κ2) is 6.89. The molecule has 7 heteroatoms. The molecule has 0 radical (unpaired) electrons. The standard InChI is InChI=1S/C14H20BrNO4S/c1-4-16(14(2,3)13(17)18)9-10-21(19,20)12-7-5-11(15)6-8-12/h5-8H,4,9-10H2,1-3H3,(H,17,18). The van der Waals surface area contributed by atoms with E-state index in [0.717, 1.165) is 4.47 Å². The van der Waals surface area contributed by atoms with E-state index < -0.39 is 21.3 Å². The summed E-state index contributed by atoms with van der Waals surface area (Å²) in [5.41, 5.74) is -1.09. The average molecular weight is 378 g/mol. The number of halogens is 1. The molecule has 0 fully saturated rings. The Morgan fingerprint density at radius 1 is 1.29 bits per heavy atom. The van der Waals surface area contributed by atoms with Crippen molar-refractivity contribution in [1.29, 1.82) is 0 Å². The molecule has 5 nitrogen and oxygen atoms in total. The topological polar surface area (TPSA) is 74.7 Å². The summed E-state index contributed by atoms with van der Waals surface area (Å²) < 4.78 is 25.4. The summed E-state index contributed by atoms with van der Waals surface area (Å²) >= 11 is 3.26. The first-order valence-electron chi connectivity index (χ1n) is 6.58. The summed E-state index contributed by atoms with van der Waals surface area (Å²) in [4.78, 5) is 13.1. The molecule has 0 aliphatic carbocycles. The van der Waals surface area contributed by atoms with Gasteiger partial charge >= 0.3 is 5.97 Å². The van der Waals surface area contributed by atoms with Crippen LogP contribution in [0, 0.1) is 0 Å². The van der Waals surface area contributed by atoms with Gasteiger partial charge in [-0.25, -0.2) is 8.42 Å². The van der Waals surface area contributed by atoms with Crippen LogP contribution in [0.1, 0.15) is 20.8 Å². The van der Waals surface area contributed by atoms with E-state index in [-0.39, 0.29) is 17.2 Å². The molecule has 0 aliphatic rings. The van der Waals surface area contributed by atoms with E-state index in [1.165, 1.54) is 12.1 Å². The number of rotatable bonds is 7. The summed E-state index contributed by atoms with van der Waals surface area (Å²) in [5, 5.41) is 9.22. The maximum Gasteiger partial charge on any atom is 0.323 e. The van der Waals surface area contributed by atoms with Gasteiger partial charge in [-0.3, -0.25) is 9.69 Å². The SMILES string of the molecule is CCN(CCS(=O)(=O)c1ccc(Br)cc1)C(C)(C)C(=O)O. The Bertz CT molecular complexity index is 596. The average Bonchev–Trinajstić information content (AvgIpc) is 2.39. The minimum atomic E-state index is -3.42. The predicted octanol–water partition coefficient (Wildman–Crippen LogP) is 2.41. The third-order valence-corrected chi connectivity index (χ3v) is 5.74. The van der Waals surface area contributed by atoms with Gasteiger partial charge in [0.15, 0.2) is 9.84 Å². The molecular formula is C14H20BrNO4S. The lowest BCUT2D eigenvalue weighted by molar-refractivity contribution is -0.149. The molecule has 0 heterocycles. The Balaban J connectivity index is 2.85. The van der Waals surface area contributed by atoms with Crippen molar-refractivity contribution in [2.75, 3.05) is 18.8 Å². The van der Waals surface area contributed by atoms with Crippen LogP contribution in [0.5, 0.6) is 0 Å². The maximum absolute atomic E-state index is 12.3. The van der Waals surface area contributed by atoms with E-state index in [1.54, 1.807) is 30.9 Å². The number of hydrogen-bond donors (Lipinski definition) is 1. The van der Waals surface area contributed by atoms with Gasteiger partial charge in [-0.2, -0.15) is 0 Å². The normalized spacial score (nSPS) is 12.6. The largest absolute Gasteiger partial charge is 0.480 e. The van der Waals surface area contributed by atoms with Gasteiger partial charge in [0.1, 0.15) is 5.54 Å². The molecule has 118 valence electrons. The number of aliphatic carboxylic acids is 1. The van der Waals surface area contributed by atoms with Crippen molar-refractivity contribution in [3.05, 3.63) is 28.7 Å². The summed E-state index contributed by atoms with van der Waals surface area (Å²) in [6.07, 6.45) is 0. The molecule has 0 aliphatic heterocycles. The Hall–Kier alpha value is -0.920. The maximum atomic E-state index is 12.3. The van der Waals surface area contributed by atoms with Crippen molar-refractivity contribution in [2.24, 2.45) is 0 Å². The molecule has 0 saturated carbocycles. The number of hydrogen-bond acceptors (Lipinski definition) is 4. The second-order valence-electron chi connectivity index (χ2n) is 5.22. The van der Waals surface area contributed by atoms with E-state index >= 15 is 0 Å². The zero-order valence-corrected chi connectivity index (χ0v) is 14.7. The van der Waals surface area contributed by atoms with Gasteiger partial charge in [0.2, 0.25) is 0 Å². The lowest BCUT2D eigenvalue weighted by Crippen LogP contribution is -2.51. The summed E-state index contributed by atoms with van der Waals surface area (Å²) in [6.45, 7) is 5.61. The van der Waals surface area contributed by atoms with Gasteiger partial charge in [0, 0.05) is 11.0 Å². The fraction of sp³-hybridized carbons (Fsp3) is 0.500. The van der Waals surface area contributed by atoms with Gasteiger partial charge in [0.25, 0.3) is 0 Å². The monoisotopic (exact) mass is 377 g/mol. The molecule has 1 N–H and O–H groups in total. The molecule has 0 amide bonds. The summed E-state index contributed by atoms with van der Waals surface area (Å²) in [6, 6.07) is 6.42. The van der Waals surface area contributed by atoms with Crippen LogP contribution in [0.4, 0.5) is 0 Å². The Labute approximate surface area is 134 Å². The minimum Gasteiger partial charge on any atom is -0.480 e. The number of nitrogens with zero attached hydrogens (tertiary/aromatic N) is 1. The van der Waals surface area contributed by atoms with Gasteiger partial charge in [-0.1, -0.05) is 22.9 Å². The Kier molecular flexibility index (Phi) is 5.95. The van der Waals surface area contributed by atoms with E-state index in [2.05, 4.69) is 15.9 Å². The van der Waals surface area contributed by atoms with Crippen molar-refractivity contribution in [3.63, 3.8) is 0 Å². The minimum absolute atomic E-state index is 0.112. The highest BCUT2D eigenvalue weighted by molar-refractivity contribution is 9.10. The summed E-state index contributed by atoms with van der Waals surface area (Å²) in [7, 11) is -3.42. The van der Waals surface area contributed by atoms with Crippen LogP contribution in [0.2, 0.25) is 0 Å². The fourth-order valence-corrected chi connectivity index (χ4v) is 3.47. The first-order valence-corrected chi connectivity index (χ1v) is 9.02. The van der Waals surface area contributed by atoms with Crippen molar-refractivity contribution >= 4 is 31.7 Å². The van der Waals surface area contributed by atoms with Gasteiger partial charge in [0.05, 0.1) is 10.6 Å². The third-order valence-electron chi connectivity index (χ3n) is 3.50. The zero-order chi connectivity index (χ0) is 16.3. The van der Waals surface area contributed by atoms with Crippen molar-refractivity contribution in [3.8, 4) is 0 Å². The highest BCUT2D eigenvalue weighted by atomic mass is 79.9.